The largest absolute Gasteiger partial charge is 0.454 e. The standard InChI is InChI=1S/C26H42N4O3S/c1-6-8-15-30(16-9-7-2)24-19-22(21-29(5)18-17-28(3)4)20-25(34(27,31)32)26(24)33-23-13-11-10-12-14-23/h10-14,19-20H,6-9,15-18,21H2,1-5H3,(H2,27,31,32). The molecule has 0 heterocycles. The second-order valence-electron chi connectivity index (χ2n) is 9.14. The van der Waals surface area contributed by atoms with Crippen molar-refractivity contribution in [2.75, 3.05) is 52.2 Å². The van der Waals surface area contributed by atoms with Crippen LogP contribution in [-0.2, 0) is 16.6 Å². The van der Waals surface area contributed by atoms with Gasteiger partial charge in [0.15, 0.2) is 5.75 Å². The zero-order chi connectivity index (χ0) is 25.1. The quantitative estimate of drug-likeness (QED) is 0.395. The molecule has 0 unspecified atom stereocenters. The molecule has 2 N–H and O–H groups in total. The minimum Gasteiger partial charge on any atom is -0.454 e. The Bertz CT molecular complexity index is 973. The molecule has 0 radical (unpaired) electrons. The zero-order valence-electron chi connectivity index (χ0n) is 21.5. The molecule has 0 fully saturated rings. The van der Waals surface area contributed by atoms with Crippen LogP contribution in [-0.4, -0.2) is 65.5 Å². The van der Waals surface area contributed by atoms with Gasteiger partial charge in [0, 0.05) is 32.7 Å². The molecule has 0 amide bonds. The highest BCUT2D eigenvalue weighted by Crippen LogP contribution is 2.40. The lowest BCUT2D eigenvalue weighted by molar-refractivity contribution is 0.276. The molecule has 0 aliphatic rings. The summed E-state index contributed by atoms with van der Waals surface area (Å²) >= 11 is 0. The number of ether oxygens (including phenoxy) is 1. The van der Waals surface area contributed by atoms with E-state index < -0.39 is 10.0 Å². The first-order chi connectivity index (χ1) is 16.2. The average Bonchev–Trinajstić information content (AvgIpc) is 2.78. The maximum atomic E-state index is 12.8. The molecule has 190 valence electrons. The normalized spacial score (nSPS) is 11.9. The summed E-state index contributed by atoms with van der Waals surface area (Å²) in [6.45, 7) is 8.36. The van der Waals surface area contributed by atoms with Crippen LogP contribution >= 0.6 is 0 Å². The van der Waals surface area contributed by atoms with E-state index in [1.807, 2.05) is 51.5 Å². The number of rotatable bonds is 15. The third kappa shape index (κ3) is 8.91. The van der Waals surface area contributed by atoms with E-state index in [4.69, 9.17) is 9.88 Å². The fourth-order valence-electron chi connectivity index (χ4n) is 3.70. The number of likely N-dealkylation sites (N-methyl/N-ethyl adjacent to an activating group) is 2. The first kappa shape index (κ1) is 28.1. The van der Waals surface area contributed by atoms with E-state index in [1.54, 1.807) is 6.07 Å². The van der Waals surface area contributed by atoms with Crippen LogP contribution in [0.2, 0.25) is 0 Å². The third-order valence-corrected chi connectivity index (χ3v) is 6.57. The molecule has 8 heteroatoms. The summed E-state index contributed by atoms with van der Waals surface area (Å²) in [7, 11) is 2.11. The van der Waals surface area contributed by atoms with E-state index in [0.29, 0.717) is 18.0 Å². The van der Waals surface area contributed by atoms with Crippen molar-refractivity contribution in [1.29, 1.82) is 0 Å². The molecule has 0 spiro atoms. The van der Waals surface area contributed by atoms with Crippen LogP contribution in [0.4, 0.5) is 5.69 Å². The van der Waals surface area contributed by atoms with Gasteiger partial charge in [-0.1, -0.05) is 44.9 Å². The fraction of sp³-hybridized carbons (Fsp3) is 0.538. The van der Waals surface area contributed by atoms with E-state index in [-0.39, 0.29) is 4.90 Å². The van der Waals surface area contributed by atoms with Crippen LogP contribution in [0.3, 0.4) is 0 Å². The van der Waals surface area contributed by atoms with E-state index in [1.165, 1.54) is 0 Å². The summed E-state index contributed by atoms with van der Waals surface area (Å²) < 4.78 is 31.7. The van der Waals surface area contributed by atoms with Crippen LogP contribution in [0.15, 0.2) is 47.4 Å². The molecule has 7 nitrogen and oxygen atoms in total. The summed E-state index contributed by atoms with van der Waals surface area (Å²) in [6, 6.07) is 13.0. The minimum absolute atomic E-state index is 0.0304. The number of sulfonamides is 1. The highest BCUT2D eigenvalue weighted by Gasteiger charge is 2.25. The number of hydrogen-bond acceptors (Lipinski definition) is 6. The molecule has 0 saturated carbocycles. The number of unbranched alkanes of at least 4 members (excludes halogenated alkanes) is 2. The maximum absolute atomic E-state index is 12.8. The number of para-hydroxylation sites is 1. The lowest BCUT2D eigenvalue weighted by atomic mass is 10.1. The number of anilines is 1. The molecule has 2 aromatic carbocycles. The molecular formula is C26H42N4O3S. The number of nitrogens with zero attached hydrogens (tertiary/aromatic N) is 3. The summed E-state index contributed by atoms with van der Waals surface area (Å²) in [5.41, 5.74) is 1.69. The van der Waals surface area contributed by atoms with Crippen molar-refractivity contribution in [3.05, 3.63) is 48.0 Å². The second kappa shape index (κ2) is 13.7. The van der Waals surface area contributed by atoms with Gasteiger partial charge in [-0.2, -0.15) is 0 Å². The van der Waals surface area contributed by atoms with Crippen molar-refractivity contribution in [3.63, 3.8) is 0 Å². The van der Waals surface area contributed by atoms with Gasteiger partial charge in [-0.15, -0.1) is 0 Å². The Kier molecular flexibility index (Phi) is 11.3. The van der Waals surface area contributed by atoms with Crippen LogP contribution in [0.5, 0.6) is 11.5 Å². The van der Waals surface area contributed by atoms with Gasteiger partial charge in [-0.05, 0) is 63.8 Å². The number of primary sulfonamides is 1. The Morgan fingerprint density at radius 2 is 1.50 bits per heavy atom. The van der Waals surface area contributed by atoms with Crippen molar-refractivity contribution in [3.8, 4) is 11.5 Å². The maximum Gasteiger partial charge on any atom is 0.241 e. The van der Waals surface area contributed by atoms with Gasteiger partial charge in [-0.3, -0.25) is 0 Å². The highest BCUT2D eigenvalue weighted by molar-refractivity contribution is 7.89. The lowest BCUT2D eigenvalue weighted by Crippen LogP contribution is -2.29. The first-order valence-electron chi connectivity index (χ1n) is 12.2. The predicted octanol–water partition coefficient (Wildman–Crippen LogP) is 4.53. The van der Waals surface area contributed by atoms with E-state index in [0.717, 1.165) is 63.1 Å². The van der Waals surface area contributed by atoms with Crippen LogP contribution in [0.1, 0.15) is 45.1 Å². The Labute approximate surface area is 206 Å². The molecule has 2 aromatic rings. The van der Waals surface area contributed by atoms with Gasteiger partial charge in [0.2, 0.25) is 10.0 Å². The van der Waals surface area contributed by atoms with Gasteiger partial charge in [0.1, 0.15) is 10.6 Å². The van der Waals surface area contributed by atoms with Gasteiger partial charge in [0.25, 0.3) is 0 Å². The molecule has 0 atom stereocenters. The van der Waals surface area contributed by atoms with E-state index in [2.05, 4.69) is 34.6 Å². The monoisotopic (exact) mass is 490 g/mol. The number of nitrogens with two attached hydrogens (primary N) is 1. The minimum atomic E-state index is -4.01. The van der Waals surface area contributed by atoms with E-state index in [9.17, 15) is 8.42 Å². The highest BCUT2D eigenvalue weighted by atomic mass is 32.2. The van der Waals surface area contributed by atoms with Gasteiger partial charge in [-0.25, -0.2) is 13.6 Å². The van der Waals surface area contributed by atoms with Crippen molar-refractivity contribution in [1.82, 2.24) is 9.80 Å². The fourth-order valence-corrected chi connectivity index (χ4v) is 4.42. The number of benzene rings is 2. The molecule has 34 heavy (non-hydrogen) atoms. The van der Waals surface area contributed by atoms with Crippen molar-refractivity contribution < 1.29 is 13.2 Å². The van der Waals surface area contributed by atoms with Crippen molar-refractivity contribution in [2.45, 2.75) is 51.0 Å². The summed E-state index contributed by atoms with van der Waals surface area (Å²) in [4.78, 5) is 6.60. The smallest absolute Gasteiger partial charge is 0.241 e. The average molecular weight is 491 g/mol. The first-order valence-corrected chi connectivity index (χ1v) is 13.7. The summed E-state index contributed by atoms with van der Waals surface area (Å²) in [6.07, 6.45) is 4.11. The molecule has 0 aliphatic carbocycles. The van der Waals surface area contributed by atoms with Gasteiger partial charge < -0.3 is 19.4 Å². The van der Waals surface area contributed by atoms with Gasteiger partial charge in [0.05, 0.1) is 5.69 Å². The molecule has 0 aromatic heterocycles. The topological polar surface area (TPSA) is 79.1 Å². The second-order valence-corrected chi connectivity index (χ2v) is 10.7. The lowest BCUT2D eigenvalue weighted by Gasteiger charge is -2.29. The molecule has 0 saturated heterocycles. The van der Waals surface area contributed by atoms with Crippen LogP contribution in [0.25, 0.3) is 0 Å². The molecule has 0 aliphatic heterocycles. The Morgan fingerprint density at radius 1 is 0.882 bits per heavy atom. The van der Waals surface area contributed by atoms with Crippen LogP contribution < -0.4 is 14.8 Å². The summed E-state index contributed by atoms with van der Waals surface area (Å²) in [5.74, 6) is 0.885. The zero-order valence-corrected chi connectivity index (χ0v) is 22.3. The van der Waals surface area contributed by atoms with Crippen LogP contribution in [0, 0.1) is 0 Å². The van der Waals surface area contributed by atoms with Crippen molar-refractivity contribution >= 4 is 15.7 Å². The van der Waals surface area contributed by atoms with Gasteiger partial charge >= 0.3 is 0 Å². The molecule has 2 rings (SSSR count). The van der Waals surface area contributed by atoms with Crippen molar-refractivity contribution in [2.24, 2.45) is 5.14 Å². The Hall–Kier alpha value is -2.13. The third-order valence-electron chi connectivity index (χ3n) is 5.65. The number of hydrogen-bond donors (Lipinski definition) is 1. The Balaban J connectivity index is 2.61. The van der Waals surface area contributed by atoms with E-state index >= 15 is 0 Å². The molecular weight excluding hydrogens is 448 g/mol. The summed E-state index contributed by atoms with van der Waals surface area (Å²) in [5, 5.41) is 5.73. The Morgan fingerprint density at radius 3 is 2.03 bits per heavy atom. The predicted molar refractivity (Wildman–Crippen MR) is 141 cm³/mol. The SMILES string of the molecule is CCCCN(CCCC)c1cc(CN(C)CCN(C)C)cc(S(N)(=O)=O)c1Oc1ccccc1. The molecule has 0 bridgehead atoms.